The summed E-state index contributed by atoms with van der Waals surface area (Å²) < 4.78 is 52.5. The lowest BCUT2D eigenvalue weighted by Gasteiger charge is -2.13. The van der Waals surface area contributed by atoms with Gasteiger partial charge in [0.2, 0.25) is 0 Å². The molecule has 7 nitrogen and oxygen atoms in total. The zero-order valence-electron chi connectivity index (χ0n) is 17.3. The summed E-state index contributed by atoms with van der Waals surface area (Å²) in [6.45, 7) is 0. The van der Waals surface area contributed by atoms with E-state index in [0.717, 1.165) is 12.3 Å². The zero-order chi connectivity index (χ0) is 23.8. The van der Waals surface area contributed by atoms with E-state index in [1.165, 1.54) is 26.4 Å². The summed E-state index contributed by atoms with van der Waals surface area (Å²) in [6.07, 6.45) is -3.71. The number of carbonyl (C=O) groups is 1. The number of hydrogen-bond donors (Lipinski definition) is 1. The van der Waals surface area contributed by atoms with Crippen molar-refractivity contribution in [3.63, 3.8) is 0 Å². The maximum Gasteiger partial charge on any atom is 0.433 e. The highest BCUT2D eigenvalue weighted by Gasteiger charge is 2.36. The lowest BCUT2D eigenvalue weighted by molar-refractivity contribution is -0.142. The van der Waals surface area contributed by atoms with Crippen LogP contribution >= 0.6 is 11.6 Å². The molecule has 170 valence electrons. The van der Waals surface area contributed by atoms with Crippen molar-refractivity contribution in [3.05, 3.63) is 71.0 Å². The molecule has 0 unspecified atom stereocenters. The number of nitrogens with zero attached hydrogens (tertiary/aromatic N) is 3. The van der Waals surface area contributed by atoms with Crippen molar-refractivity contribution < 1.29 is 27.4 Å². The van der Waals surface area contributed by atoms with Crippen LogP contribution < -0.4 is 14.8 Å². The van der Waals surface area contributed by atoms with E-state index in [-0.39, 0.29) is 16.9 Å². The monoisotopic (exact) mass is 476 g/mol. The predicted octanol–water partition coefficient (Wildman–Crippen LogP) is 5.34. The second kappa shape index (κ2) is 8.62. The van der Waals surface area contributed by atoms with Crippen LogP contribution in [0, 0.1) is 0 Å². The van der Waals surface area contributed by atoms with E-state index < -0.39 is 17.8 Å². The number of anilines is 1. The molecule has 0 radical (unpaired) electrons. The van der Waals surface area contributed by atoms with Crippen LogP contribution in [-0.2, 0) is 6.18 Å². The van der Waals surface area contributed by atoms with Gasteiger partial charge >= 0.3 is 6.18 Å². The topological polar surface area (TPSA) is 77.8 Å². The van der Waals surface area contributed by atoms with Gasteiger partial charge in [-0.15, -0.1) is 0 Å². The zero-order valence-corrected chi connectivity index (χ0v) is 18.0. The van der Waals surface area contributed by atoms with Crippen LogP contribution in [0.4, 0.5) is 18.9 Å². The number of amides is 1. The van der Waals surface area contributed by atoms with Gasteiger partial charge in [-0.05, 0) is 42.5 Å². The third-order valence-electron chi connectivity index (χ3n) is 4.77. The normalized spacial score (nSPS) is 11.5. The number of benzene rings is 2. The lowest BCUT2D eigenvalue weighted by atomic mass is 10.1. The Morgan fingerprint density at radius 2 is 1.82 bits per heavy atom. The van der Waals surface area contributed by atoms with Crippen molar-refractivity contribution >= 4 is 28.8 Å². The number of alkyl halides is 3. The minimum atomic E-state index is -4.75. The number of nitrogens with one attached hydrogen (secondary N) is 1. The molecule has 33 heavy (non-hydrogen) atoms. The van der Waals surface area contributed by atoms with Crippen LogP contribution in [0.25, 0.3) is 16.9 Å². The summed E-state index contributed by atoms with van der Waals surface area (Å²) in [7, 11) is 2.86. The number of fused-ring (bicyclic) bond motifs is 1. The van der Waals surface area contributed by atoms with Crippen LogP contribution in [0.3, 0.4) is 0 Å². The van der Waals surface area contributed by atoms with Gasteiger partial charge in [-0.3, -0.25) is 4.79 Å². The number of ether oxygens (including phenoxy) is 2. The molecule has 0 saturated carbocycles. The standard InChI is InChI=1S/C22H16ClF3N4O3/c1-32-17-7-6-12(8-18(17)33-2)16-10-19(22(24,25)26)30-20(29-16)15(11-27-30)21(31)28-14-5-3-4-13(23)9-14/h3-11H,1-2H3,(H,28,31). The molecule has 1 amide bonds. The molecule has 11 heteroatoms. The highest BCUT2D eigenvalue weighted by Crippen LogP contribution is 2.36. The molecule has 0 atom stereocenters. The highest BCUT2D eigenvalue weighted by atomic mass is 35.5. The van der Waals surface area contributed by atoms with Crippen LogP contribution in [0.2, 0.25) is 5.02 Å². The molecule has 0 aliphatic heterocycles. The van der Waals surface area contributed by atoms with Gasteiger partial charge in [0.1, 0.15) is 5.56 Å². The van der Waals surface area contributed by atoms with Gasteiger partial charge in [-0.1, -0.05) is 17.7 Å². The molecule has 0 aliphatic rings. The highest BCUT2D eigenvalue weighted by molar-refractivity contribution is 6.31. The van der Waals surface area contributed by atoms with E-state index in [4.69, 9.17) is 21.1 Å². The molecular weight excluding hydrogens is 461 g/mol. The van der Waals surface area contributed by atoms with E-state index >= 15 is 0 Å². The van der Waals surface area contributed by atoms with E-state index in [1.54, 1.807) is 30.3 Å². The first-order valence-corrected chi connectivity index (χ1v) is 9.84. The van der Waals surface area contributed by atoms with Crippen molar-refractivity contribution in [1.82, 2.24) is 14.6 Å². The van der Waals surface area contributed by atoms with E-state index in [0.29, 0.717) is 32.3 Å². The minimum Gasteiger partial charge on any atom is -0.493 e. The average Bonchev–Trinajstić information content (AvgIpc) is 3.21. The number of methoxy groups -OCH3 is 2. The Morgan fingerprint density at radius 1 is 1.06 bits per heavy atom. The summed E-state index contributed by atoms with van der Waals surface area (Å²) in [4.78, 5) is 17.1. The Balaban J connectivity index is 1.85. The van der Waals surface area contributed by atoms with Gasteiger partial charge in [0.15, 0.2) is 22.8 Å². The van der Waals surface area contributed by atoms with Crippen LogP contribution in [0.15, 0.2) is 54.7 Å². The summed E-state index contributed by atoms with van der Waals surface area (Å²) in [5.41, 5.74) is -0.786. The van der Waals surface area contributed by atoms with Gasteiger partial charge < -0.3 is 14.8 Å². The lowest BCUT2D eigenvalue weighted by Crippen LogP contribution is -2.15. The second-order valence-corrected chi connectivity index (χ2v) is 7.29. The molecule has 1 N–H and O–H groups in total. The van der Waals surface area contributed by atoms with Gasteiger partial charge in [-0.25, -0.2) is 9.50 Å². The molecule has 0 aliphatic carbocycles. The van der Waals surface area contributed by atoms with Crippen molar-refractivity contribution in [2.24, 2.45) is 0 Å². The molecule has 0 spiro atoms. The van der Waals surface area contributed by atoms with Crippen molar-refractivity contribution in [3.8, 4) is 22.8 Å². The number of rotatable bonds is 5. The number of carbonyl (C=O) groups excluding carboxylic acids is 1. The smallest absolute Gasteiger partial charge is 0.433 e. The molecule has 2 heterocycles. The largest absolute Gasteiger partial charge is 0.493 e. The summed E-state index contributed by atoms with van der Waals surface area (Å²) >= 11 is 5.93. The number of hydrogen-bond acceptors (Lipinski definition) is 5. The Morgan fingerprint density at radius 3 is 2.48 bits per heavy atom. The first kappa shape index (κ1) is 22.4. The molecule has 2 aromatic carbocycles. The molecule has 4 rings (SSSR count). The van der Waals surface area contributed by atoms with Gasteiger partial charge in [0, 0.05) is 16.3 Å². The molecule has 0 bridgehead atoms. The SMILES string of the molecule is COc1ccc(-c2cc(C(F)(F)F)n3ncc(C(=O)Nc4cccc(Cl)c4)c3n2)cc1OC. The maximum atomic E-state index is 13.8. The van der Waals surface area contributed by atoms with Gasteiger partial charge in [0.25, 0.3) is 5.91 Å². The fourth-order valence-electron chi connectivity index (χ4n) is 3.23. The third kappa shape index (κ3) is 4.42. The van der Waals surface area contributed by atoms with E-state index in [9.17, 15) is 18.0 Å². The molecule has 4 aromatic rings. The van der Waals surface area contributed by atoms with Gasteiger partial charge in [0.05, 0.1) is 26.1 Å². The first-order valence-electron chi connectivity index (χ1n) is 9.46. The van der Waals surface area contributed by atoms with Crippen molar-refractivity contribution in [1.29, 1.82) is 0 Å². The van der Waals surface area contributed by atoms with E-state index in [1.807, 2.05) is 0 Å². The van der Waals surface area contributed by atoms with Crippen LogP contribution in [-0.4, -0.2) is 34.7 Å². The molecule has 0 saturated heterocycles. The van der Waals surface area contributed by atoms with Crippen LogP contribution in [0.1, 0.15) is 16.1 Å². The minimum absolute atomic E-state index is 0.0203. The predicted molar refractivity (Wildman–Crippen MR) is 116 cm³/mol. The number of aromatic nitrogens is 3. The summed E-state index contributed by atoms with van der Waals surface area (Å²) in [5, 5.41) is 6.75. The molecule has 0 fully saturated rings. The first-order chi connectivity index (χ1) is 15.7. The third-order valence-corrected chi connectivity index (χ3v) is 5.00. The fraction of sp³-hybridized carbons (Fsp3) is 0.136. The van der Waals surface area contributed by atoms with Crippen molar-refractivity contribution in [2.45, 2.75) is 6.18 Å². The second-order valence-electron chi connectivity index (χ2n) is 6.85. The Labute approximate surface area is 190 Å². The Kier molecular flexibility index (Phi) is 5.86. The fourth-order valence-corrected chi connectivity index (χ4v) is 3.42. The Hall–Kier alpha value is -3.79. The maximum absolute atomic E-state index is 13.8. The van der Waals surface area contributed by atoms with Crippen molar-refractivity contribution in [2.75, 3.05) is 19.5 Å². The van der Waals surface area contributed by atoms with Gasteiger partial charge in [-0.2, -0.15) is 18.3 Å². The Bertz CT molecular complexity index is 1350. The quantitative estimate of drug-likeness (QED) is 0.421. The molecule has 2 aromatic heterocycles. The number of halogens is 4. The average molecular weight is 477 g/mol. The summed E-state index contributed by atoms with van der Waals surface area (Å²) in [5.74, 6) is 0.0410. The summed E-state index contributed by atoms with van der Waals surface area (Å²) in [6, 6.07) is 11.8. The van der Waals surface area contributed by atoms with Crippen LogP contribution in [0.5, 0.6) is 11.5 Å². The van der Waals surface area contributed by atoms with E-state index in [2.05, 4.69) is 15.4 Å². The molecular formula is C22H16ClF3N4O3.